The van der Waals surface area contributed by atoms with Gasteiger partial charge in [0.05, 0.1) is 11.3 Å². The van der Waals surface area contributed by atoms with Gasteiger partial charge in [-0.15, -0.1) is 0 Å². The van der Waals surface area contributed by atoms with Gasteiger partial charge >= 0.3 is 0 Å². The van der Waals surface area contributed by atoms with Gasteiger partial charge in [-0.2, -0.15) is 0 Å². The number of aromatic nitrogens is 2. The first-order valence-corrected chi connectivity index (χ1v) is 10.5. The van der Waals surface area contributed by atoms with Crippen LogP contribution >= 0.6 is 0 Å². The van der Waals surface area contributed by atoms with Crippen LogP contribution in [-0.4, -0.2) is 71.4 Å². The SMILES string of the molecule is Cc1nc(N2CCCCC2)ncc1C(=O)N(C)[C@H]1C[C@H]2CC(=O)N(C)C[C@H]2C1. The molecule has 7 heteroatoms. The number of fused-ring (bicyclic) bond motifs is 1. The van der Waals surface area contributed by atoms with Crippen molar-refractivity contribution in [3.8, 4) is 0 Å². The number of amides is 2. The van der Waals surface area contributed by atoms with E-state index in [2.05, 4.69) is 14.9 Å². The molecular formula is C21H31N5O2. The highest BCUT2D eigenvalue weighted by Gasteiger charge is 2.42. The van der Waals surface area contributed by atoms with Gasteiger partial charge in [-0.25, -0.2) is 9.97 Å². The largest absolute Gasteiger partial charge is 0.345 e. The number of aryl methyl sites for hydroxylation is 1. The monoisotopic (exact) mass is 385 g/mol. The summed E-state index contributed by atoms with van der Waals surface area (Å²) in [6.45, 7) is 4.70. The molecule has 4 rings (SSSR count). The van der Waals surface area contributed by atoms with E-state index in [1.54, 1.807) is 6.20 Å². The molecule has 1 saturated carbocycles. The fraction of sp³-hybridized carbons (Fsp3) is 0.714. The van der Waals surface area contributed by atoms with Crippen LogP contribution in [0.1, 0.15) is 54.6 Å². The molecular weight excluding hydrogens is 354 g/mol. The van der Waals surface area contributed by atoms with Crippen molar-refractivity contribution in [3.05, 3.63) is 17.5 Å². The van der Waals surface area contributed by atoms with Crippen molar-refractivity contribution >= 4 is 17.8 Å². The molecule has 3 atom stereocenters. The number of hydrogen-bond acceptors (Lipinski definition) is 5. The molecule has 0 aromatic carbocycles. The van der Waals surface area contributed by atoms with Crippen molar-refractivity contribution in [2.24, 2.45) is 11.8 Å². The molecule has 0 unspecified atom stereocenters. The molecule has 28 heavy (non-hydrogen) atoms. The number of hydrogen-bond donors (Lipinski definition) is 0. The summed E-state index contributed by atoms with van der Waals surface area (Å²) in [4.78, 5) is 40.2. The van der Waals surface area contributed by atoms with Gasteiger partial charge in [-0.1, -0.05) is 0 Å². The number of piperidine rings is 2. The Morgan fingerprint density at radius 2 is 1.89 bits per heavy atom. The maximum Gasteiger partial charge on any atom is 0.257 e. The molecule has 1 aliphatic carbocycles. The Hall–Kier alpha value is -2.18. The highest BCUT2D eigenvalue weighted by atomic mass is 16.2. The molecule has 0 bridgehead atoms. The lowest BCUT2D eigenvalue weighted by Gasteiger charge is -2.31. The molecule has 2 saturated heterocycles. The fourth-order valence-electron chi connectivity index (χ4n) is 5.07. The van der Waals surface area contributed by atoms with Crippen molar-refractivity contribution in [1.29, 1.82) is 0 Å². The summed E-state index contributed by atoms with van der Waals surface area (Å²) in [6.07, 6.45) is 7.81. The van der Waals surface area contributed by atoms with Crippen LogP contribution in [-0.2, 0) is 4.79 Å². The summed E-state index contributed by atoms with van der Waals surface area (Å²) in [5, 5.41) is 0. The van der Waals surface area contributed by atoms with Gasteiger partial charge < -0.3 is 14.7 Å². The van der Waals surface area contributed by atoms with Gasteiger partial charge in [0.2, 0.25) is 11.9 Å². The molecule has 0 radical (unpaired) electrons. The first-order valence-electron chi connectivity index (χ1n) is 10.5. The highest BCUT2D eigenvalue weighted by molar-refractivity contribution is 5.95. The zero-order valence-corrected chi connectivity index (χ0v) is 17.2. The Bertz CT molecular complexity index is 761. The molecule has 2 aliphatic heterocycles. The average Bonchev–Trinajstić information content (AvgIpc) is 3.10. The number of nitrogens with zero attached hydrogens (tertiary/aromatic N) is 5. The van der Waals surface area contributed by atoms with Gasteiger partial charge in [0.1, 0.15) is 0 Å². The maximum absolute atomic E-state index is 13.1. The number of carbonyl (C=O) groups excluding carboxylic acids is 2. The van der Waals surface area contributed by atoms with Crippen molar-refractivity contribution in [3.63, 3.8) is 0 Å². The Morgan fingerprint density at radius 1 is 1.18 bits per heavy atom. The van der Waals surface area contributed by atoms with Crippen LogP contribution in [0.5, 0.6) is 0 Å². The van der Waals surface area contributed by atoms with E-state index in [4.69, 9.17) is 0 Å². The second kappa shape index (κ2) is 7.68. The zero-order chi connectivity index (χ0) is 19.8. The normalized spacial score (nSPS) is 27.7. The molecule has 2 amide bonds. The van der Waals surface area contributed by atoms with E-state index in [9.17, 15) is 9.59 Å². The summed E-state index contributed by atoms with van der Waals surface area (Å²) < 4.78 is 0. The first-order chi connectivity index (χ1) is 13.4. The quantitative estimate of drug-likeness (QED) is 0.797. The second-order valence-electron chi connectivity index (χ2n) is 8.76. The van der Waals surface area contributed by atoms with Gasteiger partial charge in [0.15, 0.2) is 0 Å². The van der Waals surface area contributed by atoms with Crippen LogP contribution in [0.2, 0.25) is 0 Å². The van der Waals surface area contributed by atoms with E-state index in [0.717, 1.165) is 44.1 Å². The standard InChI is InChI=1S/C21H31N5O2/c1-14-18(12-22-21(23-14)26-7-5-4-6-8-26)20(28)25(3)17-9-15-11-19(27)24(2)13-16(15)10-17/h12,15-17H,4-11,13H2,1-3H3/t15-,16+,17-/m0/s1. The van der Waals surface area contributed by atoms with Crippen LogP contribution < -0.4 is 4.90 Å². The van der Waals surface area contributed by atoms with E-state index >= 15 is 0 Å². The van der Waals surface area contributed by atoms with E-state index < -0.39 is 0 Å². The van der Waals surface area contributed by atoms with E-state index in [-0.39, 0.29) is 17.9 Å². The van der Waals surface area contributed by atoms with Crippen molar-refractivity contribution in [2.75, 3.05) is 38.6 Å². The van der Waals surface area contributed by atoms with E-state index in [1.807, 2.05) is 30.8 Å². The van der Waals surface area contributed by atoms with Crippen LogP contribution in [0.4, 0.5) is 5.95 Å². The predicted molar refractivity (Wildman–Crippen MR) is 107 cm³/mol. The summed E-state index contributed by atoms with van der Waals surface area (Å²) in [5.74, 6) is 1.87. The summed E-state index contributed by atoms with van der Waals surface area (Å²) >= 11 is 0. The molecule has 0 N–H and O–H groups in total. The van der Waals surface area contributed by atoms with Crippen molar-refractivity contribution in [1.82, 2.24) is 19.8 Å². The molecule has 1 aromatic heterocycles. The number of likely N-dealkylation sites (tertiary alicyclic amines) is 1. The topological polar surface area (TPSA) is 69.6 Å². The van der Waals surface area contributed by atoms with Crippen LogP contribution in [0.15, 0.2) is 6.20 Å². The second-order valence-corrected chi connectivity index (χ2v) is 8.76. The lowest BCUT2D eigenvalue weighted by Crippen LogP contribution is -2.40. The molecule has 3 heterocycles. The van der Waals surface area contributed by atoms with Gasteiger partial charge in [-0.3, -0.25) is 9.59 Å². The molecule has 3 fully saturated rings. The fourth-order valence-corrected chi connectivity index (χ4v) is 5.07. The van der Waals surface area contributed by atoms with Crippen molar-refractivity contribution < 1.29 is 9.59 Å². The summed E-state index contributed by atoms with van der Waals surface area (Å²) in [7, 11) is 3.76. The Kier molecular flexibility index (Phi) is 5.25. The van der Waals surface area contributed by atoms with E-state index in [0.29, 0.717) is 23.8 Å². The third kappa shape index (κ3) is 3.59. The zero-order valence-electron chi connectivity index (χ0n) is 17.2. The van der Waals surface area contributed by atoms with Gasteiger partial charge in [-0.05, 0) is 50.9 Å². The first kappa shape index (κ1) is 19.2. The van der Waals surface area contributed by atoms with Crippen LogP contribution in [0.25, 0.3) is 0 Å². The van der Waals surface area contributed by atoms with Crippen molar-refractivity contribution in [2.45, 2.75) is 51.5 Å². The van der Waals surface area contributed by atoms with Crippen LogP contribution in [0, 0.1) is 18.8 Å². The molecule has 152 valence electrons. The summed E-state index contributed by atoms with van der Waals surface area (Å²) in [6, 6.07) is 0.183. The Morgan fingerprint density at radius 3 is 2.61 bits per heavy atom. The highest BCUT2D eigenvalue weighted by Crippen LogP contribution is 2.40. The maximum atomic E-state index is 13.1. The minimum absolute atomic E-state index is 0.00831. The Labute approximate surface area is 167 Å². The third-order valence-electron chi connectivity index (χ3n) is 6.89. The number of carbonyl (C=O) groups is 2. The minimum Gasteiger partial charge on any atom is -0.345 e. The molecule has 7 nitrogen and oxygen atoms in total. The predicted octanol–water partition coefficient (Wildman–Crippen LogP) is 2.10. The Balaban J connectivity index is 1.44. The average molecular weight is 386 g/mol. The van der Waals surface area contributed by atoms with Gasteiger partial charge in [0.25, 0.3) is 5.91 Å². The molecule has 0 spiro atoms. The molecule has 3 aliphatic rings. The lowest BCUT2D eigenvalue weighted by atomic mass is 9.88. The smallest absolute Gasteiger partial charge is 0.257 e. The minimum atomic E-state index is -0.00831. The molecule has 1 aromatic rings. The van der Waals surface area contributed by atoms with Crippen LogP contribution in [0.3, 0.4) is 0 Å². The lowest BCUT2D eigenvalue weighted by molar-refractivity contribution is -0.134. The summed E-state index contributed by atoms with van der Waals surface area (Å²) in [5.41, 5.74) is 1.34. The third-order valence-corrected chi connectivity index (χ3v) is 6.89. The van der Waals surface area contributed by atoms with E-state index in [1.165, 1.54) is 19.3 Å². The number of anilines is 1. The van der Waals surface area contributed by atoms with Gasteiger partial charge in [0, 0.05) is 52.4 Å². The number of rotatable bonds is 3.